The van der Waals surface area contributed by atoms with Crippen LogP contribution in [0.2, 0.25) is 0 Å². The van der Waals surface area contributed by atoms with Crippen molar-refractivity contribution < 1.29 is 14.3 Å². The van der Waals surface area contributed by atoms with Crippen LogP contribution < -0.4 is 10.5 Å². The Morgan fingerprint density at radius 1 is 0.939 bits per heavy atom. The molecular weight excluding hydrogens is 604 g/mol. The second kappa shape index (κ2) is 12.1. The first-order valence-corrected chi connectivity index (χ1v) is 19.7. The lowest BCUT2D eigenvalue weighted by Gasteiger charge is -2.72. The molecular formula is C44H64N2O3. The highest BCUT2D eigenvalue weighted by molar-refractivity contribution is 5.78. The second-order valence-electron chi connectivity index (χ2n) is 18.9. The molecule has 0 spiro atoms. The number of allylic oxidation sites excluding steroid dienone is 5. The molecule has 0 radical (unpaired) electrons. The summed E-state index contributed by atoms with van der Waals surface area (Å²) in [5.74, 6) is 3.64. The lowest BCUT2D eigenvalue weighted by Crippen LogP contribution is -2.67. The van der Waals surface area contributed by atoms with Gasteiger partial charge >= 0.3 is 5.97 Å². The van der Waals surface area contributed by atoms with Crippen LogP contribution >= 0.6 is 0 Å². The summed E-state index contributed by atoms with van der Waals surface area (Å²) >= 11 is 0. The summed E-state index contributed by atoms with van der Waals surface area (Å²) in [6.45, 7) is 22.5. The van der Waals surface area contributed by atoms with Gasteiger partial charge in [0.15, 0.2) is 0 Å². The number of hydrogen-bond donors (Lipinski definition) is 1. The van der Waals surface area contributed by atoms with E-state index in [1.54, 1.807) is 6.20 Å². The van der Waals surface area contributed by atoms with Crippen LogP contribution in [0.15, 0.2) is 59.8 Å². The standard InChI is InChI=1S/C44H64N2O3/c1-9-48-38(47)43(28-49-36-12-10-11-27-46-36)22-15-30(16-23-43)32-18-20-40(6)34(39(32,4)5)19-21-42(8)35(40)14-13-33-37-31(29(2)3)17-24-44(37,45)26-25-41(33,42)7/h10-12,15,18,27,31,33-35,37H,2,9,13-14,16-17,19-26,28,45H2,1,3-8H3/t31-,33+,34?,35?,37?,40-,41+,42+,43?,44-/m0/s1. The summed E-state index contributed by atoms with van der Waals surface area (Å²) in [6, 6.07) is 5.64. The maximum absolute atomic E-state index is 13.4. The van der Waals surface area contributed by atoms with Crippen molar-refractivity contribution in [1.82, 2.24) is 4.98 Å². The van der Waals surface area contributed by atoms with Crippen LogP contribution in [0, 0.1) is 56.7 Å². The molecule has 0 aliphatic heterocycles. The number of carbonyl (C=O) groups excluding carboxylic acids is 1. The fraction of sp³-hybridized carbons (Fsp3) is 0.727. The van der Waals surface area contributed by atoms with Crippen molar-refractivity contribution in [2.24, 2.45) is 62.4 Å². The zero-order valence-corrected chi connectivity index (χ0v) is 31.7. The average Bonchev–Trinajstić information content (AvgIpc) is 3.43. The first-order valence-electron chi connectivity index (χ1n) is 19.7. The molecule has 1 aromatic heterocycles. The number of carbonyl (C=O) groups is 1. The van der Waals surface area contributed by atoms with Crippen LogP contribution in [-0.2, 0) is 9.53 Å². The number of esters is 1. The van der Waals surface area contributed by atoms with Crippen LogP contribution in [0.5, 0.6) is 5.88 Å². The molecule has 0 amide bonds. The summed E-state index contributed by atoms with van der Waals surface area (Å²) in [5, 5.41) is 0. The number of rotatable bonds is 7. The Kier molecular flexibility index (Phi) is 8.64. The van der Waals surface area contributed by atoms with E-state index in [0.717, 1.165) is 19.3 Å². The van der Waals surface area contributed by atoms with Gasteiger partial charge in [-0.1, -0.05) is 65.0 Å². The molecule has 2 N–H and O–H groups in total. The van der Waals surface area contributed by atoms with E-state index in [9.17, 15) is 4.79 Å². The van der Waals surface area contributed by atoms with Gasteiger partial charge in [0.25, 0.3) is 0 Å². The predicted octanol–water partition coefficient (Wildman–Crippen LogP) is 10.0. The van der Waals surface area contributed by atoms with E-state index in [0.29, 0.717) is 59.3 Å². The number of ether oxygens (including phenoxy) is 2. The van der Waals surface area contributed by atoms with Crippen LogP contribution in [0.3, 0.4) is 0 Å². The van der Waals surface area contributed by atoms with E-state index in [1.165, 1.54) is 68.1 Å². The molecule has 268 valence electrons. The van der Waals surface area contributed by atoms with Crippen LogP contribution in [0.25, 0.3) is 0 Å². The normalized spacial score (nSPS) is 43.9. The van der Waals surface area contributed by atoms with Gasteiger partial charge in [-0.25, -0.2) is 4.98 Å². The average molecular weight is 669 g/mol. The highest BCUT2D eigenvalue weighted by Gasteiger charge is 2.70. The Morgan fingerprint density at radius 3 is 2.41 bits per heavy atom. The summed E-state index contributed by atoms with van der Waals surface area (Å²) in [4.78, 5) is 17.8. The number of fused-ring (bicyclic) bond motifs is 7. The smallest absolute Gasteiger partial charge is 0.315 e. The molecule has 1 heterocycles. The van der Waals surface area contributed by atoms with Gasteiger partial charge in [0.05, 0.1) is 6.61 Å². The minimum atomic E-state index is -0.685. The SMILES string of the molecule is C=C(C)[C@@H]1CC[C@]2(N)CC[C@]3(C)[C@H](CCC4[C@@]5(C)CC=C(C6=CCC(COc7ccccn7)(C(=O)OCC)CC6)C(C)(C)C5CC[C@]43C)C12. The van der Waals surface area contributed by atoms with Crippen molar-refractivity contribution in [3.63, 3.8) is 0 Å². The third-order valence-corrected chi connectivity index (χ3v) is 16.5. The summed E-state index contributed by atoms with van der Waals surface area (Å²) in [6.07, 6.45) is 20.3. The monoisotopic (exact) mass is 668 g/mol. The van der Waals surface area contributed by atoms with Gasteiger partial charge in [-0.15, -0.1) is 0 Å². The Balaban J connectivity index is 1.15. The van der Waals surface area contributed by atoms with Crippen molar-refractivity contribution >= 4 is 5.97 Å². The van der Waals surface area contributed by atoms with E-state index in [2.05, 4.69) is 65.3 Å². The molecule has 5 heteroatoms. The zero-order valence-electron chi connectivity index (χ0n) is 31.7. The highest BCUT2D eigenvalue weighted by Crippen LogP contribution is 2.76. The second-order valence-corrected chi connectivity index (χ2v) is 18.9. The van der Waals surface area contributed by atoms with Crippen molar-refractivity contribution in [3.8, 4) is 5.88 Å². The zero-order chi connectivity index (χ0) is 35.0. The first kappa shape index (κ1) is 35.0. The Labute approximate surface area is 297 Å². The summed E-state index contributed by atoms with van der Waals surface area (Å²) in [7, 11) is 0. The number of hydrogen-bond acceptors (Lipinski definition) is 5. The van der Waals surface area contributed by atoms with E-state index in [1.807, 2.05) is 25.1 Å². The quantitative estimate of drug-likeness (QED) is 0.231. The van der Waals surface area contributed by atoms with E-state index >= 15 is 0 Å². The van der Waals surface area contributed by atoms with Crippen molar-refractivity contribution in [2.45, 2.75) is 131 Å². The van der Waals surface area contributed by atoms with Gasteiger partial charge in [-0.3, -0.25) is 4.79 Å². The van der Waals surface area contributed by atoms with Gasteiger partial charge in [-0.05, 0) is 159 Å². The molecule has 5 nitrogen and oxygen atoms in total. The maximum Gasteiger partial charge on any atom is 0.315 e. The summed E-state index contributed by atoms with van der Waals surface area (Å²) in [5.41, 5.74) is 12.0. The number of aromatic nitrogens is 1. The van der Waals surface area contributed by atoms with E-state index in [4.69, 9.17) is 15.2 Å². The minimum Gasteiger partial charge on any atom is -0.476 e. The molecule has 4 unspecified atom stereocenters. The lowest BCUT2D eigenvalue weighted by atomic mass is 9.33. The Morgan fingerprint density at radius 2 is 1.73 bits per heavy atom. The number of nitrogens with two attached hydrogens (primary N) is 1. The highest BCUT2D eigenvalue weighted by atomic mass is 16.5. The summed E-state index contributed by atoms with van der Waals surface area (Å²) < 4.78 is 11.7. The third kappa shape index (κ3) is 5.16. The van der Waals surface area contributed by atoms with Gasteiger partial charge in [-0.2, -0.15) is 0 Å². The third-order valence-electron chi connectivity index (χ3n) is 16.5. The fourth-order valence-corrected chi connectivity index (χ4v) is 13.8. The topological polar surface area (TPSA) is 74.4 Å². The number of pyridine rings is 1. The maximum atomic E-state index is 13.4. The number of nitrogens with zero attached hydrogens (tertiary/aromatic N) is 1. The predicted molar refractivity (Wildman–Crippen MR) is 198 cm³/mol. The molecule has 4 fully saturated rings. The van der Waals surface area contributed by atoms with Crippen molar-refractivity contribution in [3.05, 3.63) is 59.8 Å². The fourth-order valence-electron chi connectivity index (χ4n) is 13.8. The Bertz CT molecular complexity index is 1530. The minimum absolute atomic E-state index is 0.00566. The molecule has 0 bridgehead atoms. The molecule has 49 heavy (non-hydrogen) atoms. The molecule has 0 aromatic carbocycles. The van der Waals surface area contributed by atoms with Crippen LogP contribution in [0.4, 0.5) is 0 Å². The molecule has 10 atom stereocenters. The molecule has 7 rings (SSSR count). The van der Waals surface area contributed by atoms with Crippen molar-refractivity contribution in [2.75, 3.05) is 13.2 Å². The van der Waals surface area contributed by atoms with E-state index in [-0.39, 0.29) is 28.9 Å². The first-order chi connectivity index (χ1) is 23.2. The van der Waals surface area contributed by atoms with Gasteiger partial charge < -0.3 is 15.2 Å². The van der Waals surface area contributed by atoms with E-state index < -0.39 is 5.41 Å². The van der Waals surface area contributed by atoms with Crippen LogP contribution in [0.1, 0.15) is 126 Å². The molecule has 6 aliphatic rings. The molecule has 0 saturated heterocycles. The molecule has 1 aromatic rings. The van der Waals surface area contributed by atoms with Gasteiger partial charge in [0.2, 0.25) is 5.88 Å². The van der Waals surface area contributed by atoms with Gasteiger partial charge in [0.1, 0.15) is 12.0 Å². The molecule has 4 saturated carbocycles. The van der Waals surface area contributed by atoms with Gasteiger partial charge in [0, 0.05) is 17.8 Å². The largest absolute Gasteiger partial charge is 0.476 e. The molecule has 6 aliphatic carbocycles. The van der Waals surface area contributed by atoms with Crippen molar-refractivity contribution in [1.29, 1.82) is 0 Å². The Hall–Kier alpha value is -2.40. The van der Waals surface area contributed by atoms with Crippen LogP contribution in [-0.4, -0.2) is 29.7 Å². The lowest BCUT2D eigenvalue weighted by molar-refractivity contribution is -0.219.